The van der Waals surface area contributed by atoms with Crippen LogP contribution in [0.3, 0.4) is 0 Å². The molecule has 9 amide bonds. The Labute approximate surface area is 694 Å². The summed E-state index contributed by atoms with van der Waals surface area (Å²) in [5.41, 5.74) is 4.63. The number of likely N-dealkylation sites (tertiary alicyclic amines) is 1. The van der Waals surface area contributed by atoms with Gasteiger partial charge in [-0.3, -0.25) is 48.2 Å². The molecule has 3 aromatic rings. The summed E-state index contributed by atoms with van der Waals surface area (Å²) in [5.74, 6) is -2.57. The van der Waals surface area contributed by atoms with E-state index in [1.165, 1.54) is 43.1 Å². The maximum Gasteiger partial charge on any atom is 0.416 e. The molecule has 0 bridgehead atoms. The summed E-state index contributed by atoms with van der Waals surface area (Å²) in [6, 6.07) is 9.92. The van der Waals surface area contributed by atoms with Crippen LogP contribution in [-0.2, 0) is 78.0 Å². The average Bonchev–Trinajstić information content (AvgIpc) is 1.61. The number of anilines is 2. The van der Waals surface area contributed by atoms with Crippen molar-refractivity contribution in [1.29, 1.82) is 0 Å². The van der Waals surface area contributed by atoms with Gasteiger partial charge < -0.3 is 97.8 Å². The van der Waals surface area contributed by atoms with Crippen LogP contribution in [0.25, 0.3) is 0 Å². The molecule has 1 aliphatic carbocycles. The Morgan fingerprint density at radius 2 is 1.09 bits per heavy atom. The highest BCUT2D eigenvalue weighted by atomic mass is 16.6. The lowest BCUT2D eigenvalue weighted by molar-refractivity contribution is -0.139. The van der Waals surface area contributed by atoms with Crippen LogP contribution in [0.1, 0.15) is 112 Å². The highest BCUT2D eigenvalue weighted by Gasteiger charge is 2.46. The summed E-state index contributed by atoms with van der Waals surface area (Å²) in [5, 5.41) is 22.9. The van der Waals surface area contributed by atoms with Crippen LogP contribution in [0.2, 0.25) is 0 Å². The number of methoxy groups -OCH3 is 2. The van der Waals surface area contributed by atoms with Gasteiger partial charge in [0.15, 0.2) is 29.2 Å². The van der Waals surface area contributed by atoms with Crippen molar-refractivity contribution in [2.24, 2.45) is 16.8 Å². The lowest BCUT2D eigenvalue weighted by Gasteiger charge is -2.31. The number of aliphatic hydroxyl groups is 1. The number of amides is 9. The van der Waals surface area contributed by atoms with Crippen molar-refractivity contribution < 1.29 is 110 Å². The standard InChI is InChI=1S/C87H113N9O23/c1-59(2)80(92-78(98)27-32-109-34-36-111-38-40-113-42-44-115-46-47-116-45-43-114-41-39-112-37-35-110-33-28-88-77(97)26-29-93-79(99)52-67(83(93)102)64-20-16-13-11-9-8-10-12-14-17-21-64)82(101)90-62(5)81(100)91-65-24-22-63(23-25-65)58-119-87(106)96-71-54-76(74(108-7)51-69(71)85(104)95-57-61(4)49-72(95)86(96)105)118-31-19-15-18-30-117-75-53-70-68(50-73(75)107-6)84(103)94-56-60(3)48-66(94)55-89-70/h8-14,16-17,20-25,50-51,53-57,59,62,66-67,72,80,86,105H,15,18-19,26-49,52,58H2,1-7H3,(H,88,97)(H,90,101)(H,91,100)(H,92,98)/b9-8-,10-8?,11-9?,12-10-,13-11-,14-12?,16-13?,17-14-,20-16-,21-17?,64-20?,64-21+/t62?,66-,67?,72-,80-,86-/m0/s1. The number of hydrogen-bond donors (Lipinski definition) is 5. The number of carbonyl (C=O) groups excluding carboxylic acids is 9. The zero-order valence-electron chi connectivity index (χ0n) is 68.9. The van der Waals surface area contributed by atoms with Crippen LogP contribution in [0.4, 0.5) is 21.9 Å². The number of aliphatic hydroxyl groups excluding tert-OH is 1. The monoisotopic (exact) mass is 1650 g/mol. The van der Waals surface area contributed by atoms with Crippen LogP contribution in [0, 0.1) is 11.8 Å². The lowest BCUT2D eigenvalue weighted by Crippen LogP contribution is -2.53. The van der Waals surface area contributed by atoms with E-state index in [0.29, 0.717) is 146 Å². The van der Waals surface area contributed by atoms with Gasteiger partial charge in [0, 0.05) is 68.8 Å². The normalized spacial score (nSPS) is 19.7. The number of rotatable bonds is 49. The number of ether oxygens (including phenoxy) is 13. The van der Waals surface area contributed by atoms with E-state index in [2.05, 4.69) is 26.3 Å². The molecular weight excluding hydrogens is 1540 g/mol. The van der Waals surface area contributed by atoms with Gasteiger partial charge in [-0.25, -0.2) is 9.69 Å². The molecule has 0 saturated carbocycles. The second kappa shape index (κ2) is 49.0. The van der Waals surface area contributed by atoms with E-state index in [1.807, 2.05) is 86.9 Å². The van der Waals surface area contributed by atoms with Gasteiger partial charge in [0.25, 0.3) is 11.8 Å². The predicted molar refractivity (Wildman–Crippen MR) is 441 cm³/mol. The highest BCUT2D eigenvalue weighted by Crippen LogP contribution is 2.43. The first kappa shape index (κ1) is 92.2. The van der Waals surface area contributed by atoms with E-state index in [9.17, 15) is 48.3 Å². The summed E-state index contributed by atoms with van der Waals surface area (Å²) in [7, 11) is 2.96. The molecule has 32 nitrogen and oxygen atoms in total. The Balaban J connectivity index is 0.564. The van der Waals surface area contributed by atoms with Crippen LogP contribution < -0.4 is 45.1 Å². The molecule has 5 heterocycles. The molecule has 119 heavy (non-hydrogen) atoms. The molecule has 0 radical (unpaired) electrons. The zero-order valence-corrected chi connectivity index (χ0v) is 68.9. The van der Waals surface area contributed by atoms with Gasteiger partial charge >= 0.3 is 6.09 Å². The zero-order chi connectivity index (χ0) is 84.8. The summed E-state index contributed by atoms with van der Waals surface area (Å²) in [6.07, 6.45) is 26.3. The number of unbranched alkanes of at least 4 members (excludes halogenated alkanes) is 2. The number of fused-ring (bicyclic) bond motifs is 4. The van der Waals surface area contributed by atoms with Gasteiger partial charge in [0.05, 0.1) is 174 Å². The van der Waals surface area contributed by atoms with Crippen molar-refractivity contribution >= 4 is 76.6 Å². The van der Waals surface area contributed by atoms with Crippen molar-refractivity contribution in [3.05, 3.63) is 161 Å². The maximum absolute atomic E-state index is 14.3. The fourth-order valence-electron chi connectivity index (χ4n) is 13.3. The molecule has 5 N–H and O–H groups in total. The van der Waals surface area contributed by atoms with Gasteiger partial charge in [-0.05, 0) is 94.2 Å². The number of hydrogen-bond acceptors (Lipinski definition) is 24. The van der Waals surface area contributed by atoms with E-state index in [0.717, 1.165) is 28.0 Å². The summed E-state index contributed by atoms with van der Waals surface area (Å²) < 4.78 is 73.9. The molecule has 1 saturated heterocycles. The number of nitrogens with one attached hydrogen (secondary N) is 4. The number of benzene rings is 3. The Morgan fingerprint density at radius 1 is 0.555 bits per heavy atom. The third-order valence-electron chi connectivity index (χ3n) is 19.7. The van der Waals surface area contributed by atoms with Gasteiger partial charge in [-0.1, -0.05) is 104 Å². The van der Waals surface area contributed by atoms with Crippen LogP contribution in [-0.4, -0.2) is 256 Å². The van der Waals surface area contributed by atoms with E-state index in [1.54, 1.807) is 67.6 Å². The molecule has 0 aromatic heterocycles. The average molecular weight is 1650 g/mol. The molecule has 6 atom stereocenters. The third kappa shape index (κ3) is 28.5. The minimum Gasteiger partial charge on any atom is -0.493 e. The Bertz CT molecular complexity index is 4230. The smallest absolute Gasteiger partial charge is 0.416 e. The third-order valence-corrected chi connectivity index (χ3v) is 19.7. The van der Waals surface area contributed by atoms with E-state index >= 15 is 0 Å². The number of carbonyl (C=O) groups is 9. The Morgan fingerprint density at radius 3 is 1.69 bits per heavy atom. The summed E-state index contributed by atoms with van der Waals surface area (Å²) in [6.45, 7) is 14.8. The van der Waals surface area contributed by atoms with Gasteiger partial charge in [-0.2, -0.15) is 0 Å². The van der Waals surface area contributed by atoms with Gasteiger partial charge in [0.2, 0.25) is 35.4 Å². The molecule has 0 spiro atoms. The molecular formula is C87H113N9O23. The molecule has 5 aliphatic heterocycles. The quantitative estimate of drug-likeness (QED) is 0.0261. The fraction of sp³-hybridized carbons (Fsp3) is 0.494. The van der Waals surface area contributed by atoms with Crippen molar-refractivity contribution in [1.82, 2.24) is 30.7 Å². The first-order valence-corrected chi connectivity index (χ1v) is 40.4. The van der Waals surface area contributed by atoms with Crippen LogP contribution in [0.15, 0.2) is 149 Å². The number of nitrogens with zero attached hydrogens (tertiary/aromatic N) is 5. The molecule has 32 heteroatoms. The SMILES string of the molecule is COc1cc2c(cc1OCCCCCOc1cc3c(cc1OC)C(=O)N1C=C(C)C[C@H]1[C@H](O)N3C(=O)OCc1ccc(NC(=O)C(C)NC(=O)[C@@H](NC(=O)CCOCCOCCOCCOCCOCCOCCOCCOCCNC(=O)CCN3C(=O)CC(C4=C/C=C\C=C/C=C\C=C/C=C\4)C3=O)C(C)C)cc1)N=C[C@@H]1CC(C)=CN1C2=O. The van der Waals surface area contributed by atoms with Crippen molar-refractivity contribution in [3.63, 3.8) is 0 Å². The molecule has 6 aliphatic rings. The minimum atomic E-state index is -1.53. The van der Waals surface area contributed by atoms with E-state index in [-0.39, 0.29) is 130 Å². The molecule has 3 aromatic carbocycles. The van der Waals surface area contributed by atoms with Gasteiger partial charge in [-0.15, -0.1) is 0 Å². The van der Waals surface area contributed by atoms with E-state index < -0.39 is 60.0 Å². The topological polar surface area (TPSA) is 367 Å². The second-order valence-corrected chi connectivity index (χ2v) is 29.0. The largest absolute Gasteiger partial charge is 0.493 e. The van der Waals surface area contributed by atoms with Crippen molar-refractivity contribution in [2.45, 2.75) is 123 Å². The van der Waals surface area contributed by atoms with Gasteiger partial charge in [0.1, 0.15) is 18.7 Å². The fourth-order valence-corrected chi connectivity index (χ4v) is 13.3. The summed E-state index contributed by atoms with van der Waals surface area (Å²) >= 11 is 0. The second-order valence-electron chi connectivity index (χ2n) is 29.0. The van der Waals surface area contributed by atoms with Crippen molar-refractivity contribution in [3.8, 4) is 23.0 Å². The molecule has 1 fully saturated rings. The minimum absolute atomic E-state index is 0.00422. The Hall–Kier alpha value is -10.7. The lowest BCUT2D eigenvalue weighted by atomic mass is 9.96. The van der Waals surface area contributed by atoms with Crippen molar-refractivity contribution in [2.75, 3.05) is 156 Å². The number of allylic oxidation sites excluding steroid dienone is 11. The first-order chi connectivity index (χ1) is 57.7. The molecule has 2 unspecified atom stereocenters. The molecule has 644 valence electrons. The summed E-state index contributed by atoms with van der Waals surface area (Å²) in [4.78, 5) is 130. The van der Waals surface area contributed by atoms with Crippen LogP contribution in [0.5, 0.6) is 23.0 Å². The van der Waals surface area contributed by atoms with Crippen LogP contribution >= 0.6 is 0 Å². The molecule has 9 rings (SSSR count). The van der Waals surface area contributed by atoms with E-state index in [4.69, 9.17) is 61.6 Å². The predicted octanol–water partition coefficient (Wildman–Crippen LogP) is 8.47. The number of imide groups is 1. The first-order valence-electron chi connectivity index (χ1n) is 40.4. The highest BCUT2D eigenvalue weighted by molar-refractivity contribution is 6.08. The Kier molecular flexibility index (Phi) is 38.0. The maximum atomic E-state index is 14.3. The number of aliphatic imine (C=N–C) groups is 1.